The van der Waals surface area contributed by atoms with Gasteiger partial charge in [0.15, 0.2) is 0 Å². The number of nitrogens with one attached hydrogen (secondary N) is 2. The van der Waals surface area contributed by atoms with Crippen LogP contribution >= 0.6 is 0 Å². The molecule has 0 saturated heterocycles. The van der Waals surface area contributed by atoms with Gasteiger partial charge in [0.25, 0.3) is 5.56 Å². The second kappa shape index (κ2) is 4.81. The zero-order chi connectivity index (χ0) is 14.8. The van der Waals surface area contributed by atoms with Gasteiger partial charge in [0, 0.05) is 0 Å². The van der Waals surface area contributed by atoms with Crippen LogP contribution in [0, 0.1) is 11.3 Å². The minimum absolute atomic E-state index is 0.563. The quantitative estimate of drug-likeness (QED) is 0.722. The number of anilines is 1. The van der Waals surface area contributed by atoms with Crippen LogP contribution in [-0.4, -0.2) is 28.1 Å². The van der Waals surface area contributed by atoms with Crippen molar-refractivity contribution in [1.29, 1.82) is 5.26 Å². The Kier molecular flexibility index (Phi) is 3.60. The number of nitriles is 1. The van der Waals surface area contributed by atoms with Crippen molar-refractivity contribution < 1.29 is 27.9 Å². The molecule has 10 heteroatoms. The molecule has 0 unspecified atom stereocenters. The smallest absolute Gasteiger partial charge is 0.471 e. The van der Waals surface area contributed by atoms with Crippen LogP contribution in [0.5, 0.6) is 0 Å². The Balaban J connectivity index is 3.33. The molecule has 0 aliphatic carbocycles. The third kappa shape index (κ3) is 3.09. The number of carbonyl (C=O) groups excluding carboxylic acids is 1. The summed E-state index contributed by atoms with van der Waals surface area (Å²) in [5.74, 6) is -5.11. The third-order valence-electron chi connectivity index (χ3n) is 1.89. The molecule has 0 saturated carbocycles. The molecule has 0 aliphatic rings. The van der Waals surface area contributed by atoms with Crippen molar-refractivity contribution in [1.82, 2.24) is 4.98 Å². The molecular weight excluding hydrogens is 271 g/mol. The van der Waals surface area contributed by atoms with Crippen molar-refractivity contribution in [2.45, 2.75) is 6.18 Å². The SMILES string of the molecule is N#Cc1cc(C(=O)O)c(NC(=O)C(F)(F)F)[nH]c1=O. The van der Waals surface area contributed by atoms with E-state index >= 15 is 0 Å². The van der Waals surface area contributed by atoms with Crippen LogP contribution < -0.4 is 10.9 Å². The van der Waals surface area contributed by atoms with Crippen LogP contribution in [0.25, 0.3) is 0 Å². The number of carboxylic acids is 1. The molecule has 0 spiro atoms. The summed E-state index contributed by atoms with van der Waals surface area (Å²) in [4.78, 5) is 34.3. The zero-order valence-corrected chi connectivity index (χ0v) is 8.83. The minimum Gasteiger partial charge on any atom is -0.478 e. The fraction of sp³-hybridized carbons (Fsp3) is 0.111. The maximum atomic E-state index is 12.0. The molecule has 7 nitrogen and oxygen atoms in total. The van der Waals surface area contributed by atoms with Crippen LogP contribution in [0.4, 0.5) is 19.0 Å². The molecule has 0 aromatic carbocycles. The molecule has 0 fully saturated rings. The van der Waals surface area contributed by atoms with Gasteiger partial charge in [0.05, 0.1) is 0 Å². The molecule has 1 amide bonds. The van der Waals surface area contributed by atoms with Crippen molar-refractivity contribution in [3.8, 4) is 6.07 Å². The van der Waals surface area contributed by atoms with Gasteiger partial charge < -0.3 is 15.4 Å². The molecule has 1 aromatic heterocycles. The summed E-state index contributed by atoms with van der Waals surface area (Å²) in [5.41, 5.74) is -2.57. The topological polar surface area (TPSA) is 123 Å². The van der Waals surface area contributed by atoms with Crippen molar-refractivity contribution in [3.63, 3.8) is 0 Å². The van der Waals surface area contributed by atoms with Crippen LogP contribution in [0.15, 0.2) is 10.9 Å². The van der Waals surface area contributed by atoms with Gasteiger partial charge in [-0.05, 0) is 6.07 Å². The molecule has 0 radical (unpaired) electrons. The number of hydrogen-bond acceptors (Lipinski definition) is 4. The van der Waals surface area contributed by atoms with E-state index in [1.807, 2.05) is 0 Å². The van der Waals surface area contributed by atoms with Gasteiger partial charge in [-0.3, -0.25) is 9.59 Å². The second-order valence-corrected chi connectivity index (χ2v) is 3.17. The van der Waals surface area contributed by atoms with E-state index in [1.54, 1.807) is 4.98 Å². The van der Waals surface area contributed by atoms with Crippen molar-refractivity contribution in [2.75, 3.05) is 5.32 Å². The highest BCUT2D eigenvalue weighted by atomic mass is 19.4. The first kappa shape index (κ1) is 14.2. The molecule has 1 heterocycles. The van der Waals surface area contributed by atoms with Crippen LogP contribution in [-0.2, 0) is 4.79 Å². The first-order chi connectivity index (χ1) is 8.66. The molecule has 0 atom stereocenters. The maximum Gasteiger partial charge on any atom is 0.471 e. The lowest BCUT2D eigenvalue weighted by Gasteiger charge is -2.10. The number of hydrogen-bond donors (Lipinski definition) is 3. The highest BCUT2D eigenvalue weighted by molar-refractivity contribution is 6.01. The third-order valence-corrected chi connectivity index (χ3v) is 1.89. The first-order valence-corrected chi connectivity index (χ1v) is 4.45. The van der Waals surface area contributed by atoms with E-state index in [9.17, 15) is 27.6 Å². The lowest BCUT2D eigenvalue weighted by molar-refractivity contribution is -0.167. The Bertz CT molecular complexity index is 642. The number of aromatic carboxylic acids is 1. The normalized spacial score (nSPS) is 10.6. The van der Waals surface area contributed by atoms with Gasteiger partial charge in [-0.2, -0.15) is 18.4 Å². The maximum absolute atomic E-state index is 12.0. The van der Waals surface area contributed by atoms with Crippen molar-refractivity contribution in [3.05, 3.63) is 27.5 Å². The highest BCUT2D eigenvalue weighted by Crippen LogP contribution is 2.19. The molecule has 3 N–H and O–H groups in total. The zero-order valence-electron chi connectivity index (χ0n) is 8.83. The van der Waals surface area contributed by atoms with E-state index < -0.39 is 40.6 Å². The summed E-state index contributed by atoms with van der Waals surface area (Å²) in [5, 5.41) is 18.4. The second-order valence-electron chi connectivity index (χ2n) is 3.17. The average molecular weight is 275 g/mol. The van der Waals surface area contributed by atoms with E-state index in [-0.39, 0.29) is 0 Å². The van der Waals surface area contributed by atoms with E-state index in [0.29, 0.717) is 6.07 Å². The lowest BCUT2D eigenvalue weighted by atomic mass is 10.2. The fourth-order valence-corrected chi connectivity index (χ4v) is 1.06. The molecular formula is C9H4F3N3O4. The summed E-state index contributed by atoms with van der Waals surface area (Å²) >= 11 is 0. The van der Waals surface area contributed by atoms with Gasteiger partial charge in [-0.15, -0.1) is 0 Å². The lowest BCUT2D eigenvalue weighted by Crippen LogP contribution is -2.32. The number of pyridine rings is 1. The molecule has 0 aliphatic heterocycles. The monoisotopic (exact) mass is 275 g/mol. The molecule has 1 aromatic rings. The van der Waals surface area contributed by atoms with Gasteiger partial charge in [0.1, 0.15) is 23.0 Å². The standard InChI is InChI=1S/C9H4F3N3O4/c10-9(11,12)8(19)15-5-4(7(17)18)1-3(2-13)6(16)14-5/h1H,(H,17,18)(H2,14,15,16,19). The number of alkyl halides is 3. The molecule has 19 heavy (non-hydrogen) atoms. The summed E-state index contributed by atoms with van der Waals surface area (Å²) in [6, 6.07) is 1.92. The number of carbonyl (C=O) groups is 2. The highest BCUT2D eigenvalue weighted by Gasteiger charge is 2.39. The minimum atomic E-state index is -5.25. The Morgan fingerprint density at radius 3 is 2.42 bits per heavy atom. The number of halogens is 3. The van der Waals surface area contributed by atoms with Gasteiger partial charge in [-0.25, -0.2) is 4.79 Å². The Labute approximate surface area is 102 Å². The first-order valence-electron chi connectivity index (χ1n) is 4.45. The van der Waals surface area contributed by atoms with E-state index in [1.165, 1.54) is 11.4 Å². The van der Waals surface area contributed by atoms with E-state index in [2.05, 4.69) is 0 Å². The van der Waals surface area contributed by atoms with Crippen LogP contribution in [0.1, 0.15) is 15.9 Å². The largest absolute Gasteiger partial charge is 0.478 e. The Hall–Kier alpha value is -2.83. The van der Waals surface area contributed by atoms with E-state index in [0.717, 1.165) is 0 Å². The summed E-state index contributed by atoms with van der Waals surface area (Å²) in [6.45, 7) is 0. The van der Waals surface area contributed by atoms with Crippen LogP contribution in [0.3, 0.4) is 0 Å². The number of aromatic amines is 1. The van der Waals surface area contributed by atoms with Crippen LogP contribution in [0.2, 0.25) is 0 Å². The number of H-pyrrole nitrogens is 1. The molecule has 100 valence electrons. The van der Waals surface area contributed by atoms with Crippen molar-refractivity contribution >= 4 is 17.7 Å². The summed E-state index contributed by atoms with van der Waals surface area (Å²) < 4.78 is 36.0. The van der Waals surface area contributed by atoms with E-state index in [4.69, 9.17) is 10.4 Å². The van der Waals surface area contributed by atoms with Gasteiger partial charge in [-0.1, -0.05) is 0 Å². The fourth-order valence-electron chi connectivity index (χ4n) is 1.06. The molecule has 0 bridgehead atoms. The summed E-state index contributed by atoms with van der Waals surface area (Å²) in [6.07, 6.45) is -5.25. The summed E-state index contributed by atoms with van der Waals surface area (Å²) in [7, 11) is 0. The number of amides is 1. The Morgan fingerprint density at radius 2 is 2.00 bits per heavy atom. The number of rotatable bonds is 2. The van der Waals surface area contributed by atoms with Crippen molar-refractivity contribution in [2.24, 2.45) is 0 Å². The predicted molar refractivity (Wildman–Crippen MR) is 53.4 cm³/mol. The number of aromatic nitrogens is 1. The van der Waals surface area contributed by atoms with Gasteiger partial charge >= 0.3 is 18.1 Å². The predicted octanol–water partition coefficient (Wildman–Crippen LogP) is 0.446. The van der Waals surface area contributed by atoms with Gasteiger partial charge in [0.2, 0.25) is 0 Å². The number of nitrogens with zero attached hydrogens (tertiary/aromatic N) is 1. The number of carboxylic acid groups (broad SMARTS) is 1. The average Bonchev–Trinajstić information content (AvgIpc) is 2.27. The Morgan fingerprint density at radius 1 is 1.42 bits per heavy atom. The molecule has 1 rings (SSSR count).